The number of carboxylic acids is 1. The van der Waals surface area contributed by atoms with Gasteiger partial charge in [-0.2, -0.15) is 0 Å². The van der Waals surface area contributed by atoms with Crippen molar-refractivity contribution in [1.82, 2.24) is 5.32 Å². The molecule has 196 valence electrons. The first-order chi connectivity index (χ1) is 16.6. The van der Waals surface area contributed by atoms with Gasteiger partial charge >= 0.3 is 5.97 Å². The summed E-state index contributed by atoms with van der Waals surface area (Å²) in [6.45, 7) is 2.25. The molecule has 6 atom stereocenters. The van der Waals surface area contributed by atoms with Crippen molar-refractivity contribution in [2.45, 2.75) is 102 Å². The number of carbonyl (C=O) groups excluding carboxylic acids is 2. The number of aliphatic carboxylic acids is 1. The van der Waals surface area contributed by atoms with E-state index in [9.17, 15) is 29.7 Å². The lowest BCUT2D eigenvalue weighted by molar-refractivity contribution is -0.286. The highest BCUT2D eigenvalue weighted by atomic mass is 16.6. The Labute approximate surface area is 206 Å². The quantitative estimate of drug-likeness (QED) is 0.181. The molecule has 0 radical (unpaired) electrons. The molecule has 0 amide bonds. The smallest absolute Gasteiger partial charge is 0.303 e. The normalized spacial score (nSPS) is 32.7. The molecule has 2 heterocycles. The van der Waals surface area contributed by atoms with Crippen molar-refractivity contribution in [3.8, 4) is 0 Å². The third-order valence-corrected chi connectivity index (χ3v) is 7.67. The van der Waals surface area contributed by atoms with E-state index in [4.69, 9.17) is 9.84 Å². The second-order valence-corrected chi connectivity index (χ2v) is 10.1. The molecule has 5 N–H and O–H groups in total. The Hall–Kier alpha value is -2.07. The molecule has 3 rings (SSSR count). The van der Waals surface area contributed by atoms with Crippen molar-refractivity contribution >= 4 is 17.5 Å². The monoisotopic (exact) mass is 493 g/mol. The van der Waals surface area contributed by atoms with Gasteiger partial charge in [0.1, 0.15) is 6.10 Å². The van der Waals surface area contributed by atoms with Gasteiger partial charge in [0, 0.05) is 48.9 Å². The second kappa shape index (κ2) is 11.8. The number of Topliss-reactive ketones (excluding diaryl/α,β-unsaturated/α-hetero) is 1. The molecule has 9 nitrogen and oxygen atoms in total. The molecule has 0 aromatic rings. The summed E-state index contributed by atoms with van der Waals surface area (Å²) >= 11 is 0. The SMILES string of the molecule is CC/C=C\C[C@@H]1[C@H](CC(=O)[C@H](O)CCCCCCCC(=O)O)O[C@@]2(O)CC13C(=CC2=O)NC[C@H]3O. The lowest BCUT2D eigenvalue weighted by atomic mass is 9.58. The second-order valence-electron chi connectivity index (χ2n) is 10.1. The average Bonchev–Trinajstić information content (AvgIpc) is 3.10. The molecule has 3 aliphatic rings. The van der Waals surface area contributed by atoms with Crippen molar-refractivity contribution in [2.75, 3.05) is 6.54 Å². The Morgan fingerprint density at radius 1 is 1.23 bits per heavy atom. The van der Waals surface area contributed by atoms with Crippen LogP contribution in [0.25, 0.3) is 0 Å². The molecular formula is C26H39NO8. The number of nitrogens with one attached hydrogen (secondary N) is 1. The summed E-state index contributed by atoms with van der Waals surface area (Å²) in [5, 5.41) is 44.3. The molecule has 2 saturated heterocycles. The number of fused-ring (bicyclic) bond motifs is 1. The third kappa shape index (κ3) is 6.02. The molecule has 2 aliphatic heterocycles. The number of hydrogen-bond acceptors (Lipinski definition) is 8. The number of hydrogen-bond donors (Lipinski definition) is 5. The predicted molar refractivity (Wildman–Crippen MR) is 127 cm³/mol. The van der Waals surface area contributed by atoms with E-state index in [0.29, 0.717) is 25.0 Å². The molecule has 0 aromatic carbocycles. The number of aliphatic hydroxyl groups is 3. The molecule has 0 aromatic heterocycles. The molecule has 2 fully saturated rings. The van der Waals surface area contributed by atoms with Crippen LogP contribution in [-0.4, -0.2) is 68.6 Å². The van der Waals surface area contributed by atoms with Gasteiger partial charge < -0.3 is 30.5 Å². The van der Waals surface area contributed by atoms with Crippen LogP contribution >= 0.6 is 0 Å². The molecule has 35 heavy (non-hydrogen) atoms. The lowest BCUT2D eigenvalue weighted by Crippen LogP contribution is -2.63. The van der Waals surface area contributed by atoms with E-state index in [1.165, 1.54) is 6.08 Å². The minimum Gasteiger partial charge on any atom is -0.481 e. The number of rotatable bonds is 14. The van der Waals surface area contributed by atoms with E-state index in [-0.39, 0.29) is 38.1 Å². The van der Waals surface area contributed by atoms with E-state index in [1.54, 1.807) is 0 Å². The van der Waals surface area contributed by atoms with Crippen LogP contribution < -0.4 is 5.32 Å². The van der Waals surface area contributed by atoms with Crippen molar-refractivity contribution in [1.29, 1.82) is 0 Å². The van der Waals surface area contributed by atoms with E-state index < -0.39 is 47.0 Å². The first-order valence-electron chi connectivity index (χ1n) is 12.8. The Morgan fingerprint density at radius 3 is 2.66 bits per heavy atom. The number of β-amino-alcohol motifs (C(OH)–C–C–N with tert-alkyl or cyclic N) is 1. The van der Waals surface area contributed by atoms with Crippen molar-refractivity contribution in [3.63, 3.8) is 0 Å². The van der Waals surface area contributed by atoms with Crippen LogP contribution in [0.5, 0.6) is 0 Å². The van der Waals surface area contributed by atoms with Gasteiger partial charge in [-0.1, -0.05) is 44.8 Å². The highest BCUT2D eigenvalue weighted by Gasteiger charge is 2.66. The predicted octanol–water partition coefficient (Wildman–Crippen LogP) is 1.99. The van der Waals surface area contributed by atoms with Gasteiger partial charge in [-0.25, -0.2) is 0 Å². The van der Waals surface area contributed by atoms with Gasteiger partial charge in [-0.05, 0) is 25.7 Å². The largest absolute Gasteiger partial charge is 0.481 e. The minimum absolute atomic E-state index is 0.0708. The van der Waals surface area contributed by atoms with Crippen molar-refractivity contribution in [2.24, 2.45) is 11.3 Å². The summed E-state index contributed by atoms with van der Waals surface area (Å²) in [6, 6.07) is 0. The maximum absolute atomic E-state index is 12.9. The Kier molecular flexibility index (Phi) is 9.26. The van der Waals surface area contributed by atoms with E-state index in [1.807, 2.05) is 19.1 Å². The third-order valence-electron chi connectivity index (χ3n) is 7.67. The number of allylic oxidation sites excluding steroid dienone is 2. The fraction of sp³-hybridized carbons (Fsp3) is 0.731. The fourth-order valence-electron chi connectivity index (χ4n) is 5.80. The van der Waals surface area contributed by atoms with E-state index in [0.717, 1.165) is 25.7 Å². The maximum atomic E-state index is 12.9. The van der Waals surface area contributed by atoms with Gasteiger partial charge in [0.25, 0.3) is 0 Å². The van der Waals surface area contributed by atoms with Gasteiger partial charge in [0.2, 0.25) is 11.6 Å². The fourth-order valence-corrected chi connectivity index (χ4v) is 5.80. The number of carbonyl (C=O) groups is 3. The molecular weight excluding hydrogens is 454 g/mol. The number of ketones is 2. The van der Waals surface area contributed by atoms with E-state index in [2.05, 4.69) is 5.32 Å². The van der Waals surface area contributed by atoms with Crippen molar-refractivity contribution in [3.05, 3.63) is 23.9 Å². The number of carboxylic acid groups (broad SMARTS) is 1. The molecule has 1 aliphatic carbocycles. The average molecular weight is 494 g/mol. The highest BCUT2D eigenvalue weighted by molar-refractivity contribution is 5.98. The van der Waals surface area contributed by atoms with Crippen molar-refractivity contribution < 1.29 is 39.5 Å². The summed E-state index contributed by atoms with van der Waals surface area (Å²) < 4.78 is 5.87. The van der Waals surface area contributed by atoms with Crippen LogP contribution in [0.1, 0.15) is 77.6 Å². The van der Waals surface area contributed by atoms with Gasteiger partial charge in [0.05, 0.1) is 12.2 Å². The Bertz CT molecular complexity index is 854. The van der Waals surface area contributed by atoms with Crippen LogP contribution in [-0.2, 0) is 19.1 Å². The Morgan fingerprint density at radius 2 is 1.94 bits per heavy atom. The molecule has 2 bridgehead atoms. The summed E-state index contributed by atoms with van der Waals surface area (Å²) in [5.74, 6) is -4.29. The first kappa shape index (κ1) is 27.5. The zero-order valence-corrected chi connectivity index (χ0v) is 20.4. The topological polar surface area (TPSA) is 153 Å². The number of aliphatic hydroxyl groups excluding tert-OH is 2. The van der Waals surface area contributed by atoms with Crippen LogP contribution in [0.2, 0.25) is 0 Å². The van der Waals surface area contributed by atoms with Crippen LogP contribution in [0, 0.1) is 11.3 Å². The minimum atomic E-state index is -2.10. The molecule has 9 heteroatoms. The van der Waals surface area contributed by atoms with Crippen LogP contribution in [0.3, 0.4) is 0 Å². The summed E-state index contributed by atoms with van der Waals surface area (Å²) in [6.07, 6.45) is 7.61. The van der Waals surface area contributed by atoms with E-state index >= 15 is 0 Å². The zero-order chi connectivity index (χ0) is 25.6. The van der Waals surface area contributed by atoms with Crippen LogP contribution in [0.15, 0.2) is 23.9 Å². The number of unbranched alkanes of at least 4 members (excludes halogenated alkanes) is 4. The van der Waals surface area contributed by atoms with Crippen LogP contribution in [0.4, 0.5) is 0 Å². The maximum Gasteiger partial charge on any atom is 0.303 e. The number of ether oxygens (including phenoxy) is 1. The zero-order valence-electron chi connectivity index (χ0n) is 20.4. The van der Waals surface area contributed by atoms with Gasteiger partial charge in [0.15, 0.2) is 5.78 Å². The van der Waals surface area contributed by atoms with Gasteiger partial charge in [-0.15, -0.1) is 0 Å². The highest BCUT2D eigenvalue weighted by Crippen LogP contribution is 2.57. The molecule has 0 saturated carbocycles. The Balaban J connectivity index is 1.66. The molecule has 1 spiro atoms. The summed E-state index contributed by atoms with van der Waals surface area (Å²) in [7, 11) is 0. The standard InChI is InChI=1S/C26H39NO8/c1-2-3-7-10-17-20(13-19(29)18(28)11-8-5-4-6-9-12-24(32)33)35-26(34)16-25(17)21(14-22(26)30)27-15-23(25)31/h3,7,14,17-18,20,23,27-28,31,34H,2,4-6,8-13,15-16H2,1H3,(H,32,33)/b7-3-/t17-,18-,20+,23-,25?,26+/m1/s1. The summed E-state index contributed by atoms with van der Waals surface area (Å²) in [4.78, 5) is 36.1. The lowest BCUT2D eigenvalue weighted by Gasteiger charge is -2.54. The molecule has 1 unspecified atom stereocenters. The summed E-state index contributed by atoms with van der Waals surface area (Å²) in [5.41, 5.74) is -0.344. The van der Waals surface area contributed by atoms with Gasteiger partial charge in [-0.3, -0.25) is 14.4 Å². The first-order valence-corrected chi connectivity index (χ1v) is 12.8.